The first-order valence-electron chi connectivity index (χ1n) is 7.95. The molecule has 2 heterocycles. The van der Waals surface area contributed by atoms with E-state index >= 15 is 0 Å². The van der Waals surface area contributed by atoms with Gasteiger partial charge in [0.25, 0.3) is 5.91 Å². The molecule has 0 spiro atoms. The summed E-state index contributed by atoms with van der Waals surface area (Å²) in [6, 6.07) is 10.2. The van der Waals surface area contributed by atoms with E-state index in [9.17, 15) is 4.79 Å². The molecule has 1 aromatic heterocycles. The second kappa shape index (κ2) is 8.17. The Kier molecular flexibility index (Phi) is 6.23. The van der Waals surface area contributed by atoms with Crippen LogP contribution in [0.25, 0.3) is 0 Å². The van der Waals surface area contributed by atoms with E-state index in [1.165, 1.54) is 0 Å². The topological polar surface area (TPSA) is 64.3 Å². The molecule has 0 aliphatic carbocycles. The Morgan fingerprint density at radius 1 is 1.21 bits per heavy atom. The third kappa shape index (κ3) is 3.88. The van der Waals surface area contributed by atoms with Crippen molar-refractivity contribution in [1.82, 2.24) is 20.4 Å². The summed E-state index contributed by atoms with van der Waals surface area (Å²) in [5, 5.41) is 10.5. The van der Waals surface area contributed by atoms with Crippen LogP contribution in [0.2, 0.25) is 0 Å². The van der Waals surface area contributed by atoms with Gasteiger partial charge in [0.1, 0.15) is 0 Å². The van der Waals surface area contributed by atoms with Gasteiger partial charge in [-0.2, -0.15) is 5.10 Å². The first-order chi connectivity index (χ1) is 11.2. The molecule has 0 bridgehead atoms. The van der Waals surface area contributed by atoms with Gasteiger partial charge in [-0.25, -0.2) is 0 Å². The van der Waals surface area contributed by atoms with Crippen LogP contribution in [-0.4, -0.2) is 54.7 Å². The maximum absolute atomic E-state index is 12.6. The number of carbonyl (C=O) groups is 1. The van der Waals surface area contributed by atoms with E-state index in [1.807, 2.05) is 32.3 Å². The van der Waals surface area contributed by atoms with E-state index in [0.29, 0.717) is 18.8 Å². The van der Waals surface area contributed by atoms with Gasteiger partial charge in [0.05, 0.1) is 0 Å². The number of fused-ring (bicyclic) bond motifs is 1. The fourth-order valence-electron chi connectivity index (χ4n) is 2.80. The molecule has 0 fully saturated rings. The number of hydrogen-bond donors (Lipinski definition) is 2. The summed E-state index contributed by atoms with van der Waals surface area (Å²) in [7, 11) is 3.87. The highest BCUT2D eigenvalue weighted by atomic mass is 35.5. The van der Waals surface area contributed by atoms with Gasteiger partial charge >= 0.3 is 0 Å². The fraction of sp³-hybridized carbons (Fsp3) is 0.412. The molecular weight excluding hydrogens is 326 g/mol. The number of aromatic nitrogens is 2. The van der Waals surface area contributed by atoms with Gasteiger partial charge in [0.2, 0.25) is 0 Å². The minimum Gasteiger partial charge on any atom is -0.373 e. The number of para-hydroxylation sites is 1. The molecule has 1 aliphatic heterocycles. The molecule has 24 heavy (non-hydrogen) atoms. The minimum atomic E-state index is -0.0207. The second-order valence-electron chi connectivity index (χ2n) is 5.94. The molecule has 2 N–H and O–H groups in total. The van der Waals surface area contributed by atoms with Gasteiger partial charge in [-0.3, -0.25) is 9.89 Å². The molecule has 1 aromatic carbocycles. The lowest BCUT2D eigenvalue weighted by Crippen LogP contribution is -2.36. The first-order valence-corrected chi connectivity index (χ1v) is 7.95. The molecule has 0 saturated heterocycles. The standard InChI is InChI=1S/C17H23N5O.ClH/c1-21(13-6-4-3-5-7-13)10-11-22(2)17(23)16-14-12-18-9-8-15(14)19-20-16;/h3-7,18H,8-12H2,1-2H3,(H,19,20);1H. The van der Waals surface area contributed by atoms with E-state index in [1.54, 1.807) is 4.90 Å². The van der Waals surface area contributed by atoms with Gasteiger partial charge in [-0.1, -0.05) is 18.2 Å². The number of carbonyl (C=O) groups excluding carboxylic acids is 1. The van der Waals surface area contributed by atoms with Crippen LogP contribution in [-0.2, 0) is 13.0 Å². The summed E-state index contributed by atoms with van der Waals surface area (Å²) in [5.74, 6) is -0.0207. The zero-order valence-corrected chi connectivity index (χ0v) is 14.9. The predicted molar refractivity (Wildman–Crippen MR) is 97.9 cm³/mol. The van der Waals surface area contributed by atoms with E-state index in [4.69, 9.17) is 0 Å². The summed E-state index contributed by atoms with van der Waals surface area (Å²) >= 11 is 0. The van der Waals surface area contributed by atoms with Crippen molar-refractivity contribution in [2.24, 2.45) is 0 Å². The van der Waals surface area contributed by atoms with Gasteiger partial charge < -0.3 is 15.1 Å². The third-order valence-corrected chi connectivity index (χ3v) is 4.32. The average molecular weight is 350 g/mol. The highest BCUT2D eigenvalue weighted by molar-refractivity contribution is 5.93. The maximum Gasteiger partial charge on any atom is 0.274 e. The summed E-state index contributed by atoms with van der Waals surface area (Å²) < 4.78 is 0. The number of anilines is 1. The molecule has 6 nitrogen and oxygen atoms in total. The Balaban J connectivity index is 0.00000208. The van der Waals surface area contributed by atoms with Crippen molar-refractivity contribution >= 4 is 24.0 Å². The quantitative estimate of drug-likeness (QED) is 0.862. The van der Waals surface area contributed by atoms with Crippen LogP contribution in [0.3, 0.4) is 0 Å². The average Bonchev–Trinajstić information content (AvgIpc) is 3.03. The van der Waals surface area contributed by atoms with Crippen LogP contribution >= 0.6 is 12.4 Å². The number of nitrogens with one attached hydrogen (secondary N) is 2. The van der Waals surface area contributed by atoms with Gasteiger partial charge in [-0.05, 0) is 12.1 Å². The van der Waals surface area contributed by atoms with E-state index in [2.05, 4.69) is 32.5 Å². The van der Waals surface area contributed by atoms with Crippen LogP contribution < -0.4 is 10.2 Å². The number of hydrogen-bond acceptors (Lipinski definition) is 4. The summed E-state index contributed by atoms with van der Waals surface area (Å²) in [5.41, 5.74) is 3.80. The van der Waals surface area contributed by atoms with Crippen LogP contribution in [0, 0.1) is 0 Å². The largest absolute Gasteiger partial charge is 0.373 e. The van der Waals surface area contributed by atoms with E-state index < -0.39 is 0 Å². The Bertz CT molecular complexity index is 673. The zero-order chi connectivity index (χ0) is 16.2. The number of nitrogens with zero attached hydrogens (tertiary/aromatic N) is 3. The van der Waals surface area contributed by atoms with Gasteiger partial charge in [0.15, 0.2) is 5.69 Å². The molecule has 3 rings (SSSR count). The lowest BCUT2D eigenvalue weighted by molar-refractivity contribution is 0.0791. The minimum absolute atomic E-state index is 0. The third-order valence-electron chi connectivity index (χ3n) is 4.32. The number of H-pyrrole nitrogens is 1. The smallest absolute Gasteiger partial charge is 0.274 e. The summed E-state index contributed by atoms with van der Waals surface area (Å²) in [6.45, 7) is 3.07. The number of likely N-dealkylation sites (N-methyl/N-ethyl adjacent to an activating group) is 2. The molecule has 0 atom stereocenters. The molecule has 0 radical (unpaired) electrons. The summed E-state index contributed by atoms with van der Waals surface area (Å²) in [6.07, 6.45) is 0.899. The molecule has 1 aliphatic rings. The highest BCUT2D eigenvalue weighted by Crippen LogP contribution is 2.17. The van der Waals surface area contributed by atoms with Gasteiger partial charge in [-0.15, -0.1) is 12.4 Å². The Hall–Kier alpha value is -2.05. The van der Waals surface area contributed by atoms with Crippen molar-refractivity contribution in [2.75, 3.05) is 38.6 Å². The molecule has 0 saturated carbocycles. The van der Waals surface area contributed by atoms with Crippen LogP contribution in [0.15, 0.2) is 30.3 Å². The molecule has 130 valence electrons. The number of benzene rings is 1. The molecule has 1 amide bonds. The zero-order valence-electron chi connectivity index (χ0n) is 14.1. The number of amides is 1. The van der Waals surface area contributed by atoms with Crippen molar-refractivity contribution in [1.29, 1.82) is 0 Å². The van der Waals surface area contributed by atoms with E-state index in [-0.39, 0.29) is 18.3 Å². The monoisotopic (exact) mass is 349 g/mol. The van der Waals surface area contributed by atoms with Crippen molar-refractivity contribution < 1.29 is 4.79 Å². The Morgan fingerprint density at radius 3 is 2.71 bits per heavy atom. The van der Waals surface area contributed by atoms with Crippen molar-refractivity contribution in [3.63, 3.8) is 0 Å². The number of aromatic amines is 1. The van der Waals surface area contributed by atoms with E-state index in [0.717, 1.165) is 36.5 Å². The lowest BCUT2D eigenvalue weighted by Gasteiger charge is -2.24. The van der Waals surface area contributed by atoms with Crippen LogP contribution in [0.1, 0.15) is 21.7 Å². The second-order valence-corrected chi connectivity index (χ2v) is 5.94. The SMILES string of the molecule is CN(CCN(C)c1ccccc1)C(=O)c1n[nH]c2c1CNCC2.Cl. The van der Waals surface area contributed by atoms with Crippen molar-refractivity contribution in [3.05, 3.63) is 47.3 Å². The molecule has 7 heteroatoms. The normalized spacial score (nSPS) is 12.9. The van der Waals surface area contributed by atoms with Crippen molar-refractivity contribution in [2.45, 2.75) is 13.0 Å². The Morgan fingerprint density at radius 2 is 1.96 bits per heavy atom. The van der Waals surface area contributed by atoms with Gasteiger partial charge in [0, 0.05) is 63.6 Å². The number of rotatable bonds is 5. The predicted octanol–water partition coefficient (Wildman–Crippen LogP) is 1.69. The van der Waals surface area contributed by atoms with Crippen LogP contribution in [0.5, 0.6) is 0 Å². The highest BCUT2D eigenvalue weighted by Gasteiger charge is 2.23. The van der Waals surface area contributed by atoms with Crippen LogP contribution in [0.4, 0.5) is 5.69 Å². The first kappa shape index (κ1) is 18.3. The fourth-order valence-corrected chi connectivity index (χ4v) is 2.80. The molecule has 2 aromatic rings. The Labute approximate surface area is 148 Å². The van der Waals surface area contributed by atoms with Crippen molar-refractivity contribution in [3.8, 4) is 0 Å². The summed E-state index contributed by atoms with van der Waals surface area (Å²) in [4.78, 5) is 16.5. The lowest BCUT2D eigenvalue weighted by atomic mass is 10.1. The molecule has 0 unspecified atom stereocenters. The maximum atomic E-state index is 12.6. The number of halogens is 1. The molecular formula is C17H24ClN5O.